The summed E-state index contributed by atoms with van der Waals surface area (Å²) in [5.41, 5.74) is -1.49. The highest BCUT2D eigenvalue weighted by molar-refractivity contribution is 6.30. The van der Waals surface area contributed by atoms with Crippen LogP contribution in [-0.4, -0.2) is 27.2 Å². The Morgan fingerprint density at radius 2 is 2.33 bits per heavy atom. The molecule has 0 saturated carbocycles. The van der Waals surface area contributed by atoms with Gasteiger partial charge in [0, 0.05) is 12.6 Å². The Morgan fingerprint density at radius 3 is 2.78 bits per heavy atom. The summed E-state index contributed by atoms with van der Waals surface area (Å²) < 4.78 is 0. The molecule has 0 radical (unpaired) electrons. The van der Waals surface area contributed by atoms with Gasteiger partial charge in [0.15, 0.2) is 0 Å². The van der Waals surface area contributed by atoms with Crippen LogP contribution < -0.4 is 5.32 Å². The molecule has 0 aliphatic carbocycles. The van der Waals surface area contributed by atoms with Gasteiger partial charge in [0.05, 0.1) is 16.1 Å². The van der Waals surface area contributed by atoms with Gasteiger partial charge in [-0.05, 0) is 13.8 Å². The number of hydrogen-bond acceptors (Lipinski definition) is 6. The van der Waals surface area contributed by atoms with Crippen molar-refractivity contribution in [2.24, 2.45) is 0 Å². The summed E-state index contributed by atoms with van der Waals surface area (Å²) in [6.45, 7) is 3.14. The van der Waals surface area contributed by atoms with E-state index in [-0.39, 0.29) is 28.8 Å². The molecule has 7 nitrogen and oxygen atoms in total. The number of nitro groups is 1. The molecule has 0 spiro atoms. The second-order valence-electron chi connectivity index (χ2n) is 4.23. The number of halogens is 1. The maximum Gasteiger partial charge on any atom is 0.312 e. The van der Waals surface area contributed by atoms with E-state index >= 15 is 0 Å². The van der Waals surface area contributed by atoms with E-state index in [9.17, 15) is 15.2 Å². The van der Waals surface area contributed by atoms with Crippen molar-refractivity contribution in [2.45, 2.75) is 19.4 Å². The summed E-state index contributed by atoms with van der Waals surface area (Å²) in [4.78, 5) is 13.9. The Bertz CT molecular complexity index is 519. The van der Waals surface area contributed by atoms with Gasteiger partial charge in [-0.3, -0.25) is 10.1 Å². The Morgan fingerprint density at radius 1 is 1.72 bits per heavy atom. The lowest BCUT2D eigenvalue weighted by Crippen LogP contribution is -2.29. The van der Waals surface area contributed by atoms with Gasteiger partial charge >= 0.3 is 5.69 Å². The zero-order chi connectivity index (χ0) is 13.9. The molecular formula is C10H11ClN4O3. The van der Waals surface area contributed by atoms with Crippen LogP contribution in [0.5, 0.6) is 0 Å². The van der Waals surface area contributed by atoms with E-state index in [0.29, 0.717) is 0 Å². The third-order valence-electron chi connectivity index (χ3n) is 1.96. The minimum Gasteiger partial charge on any atom is -0.389 e. The molecule has 0 aliphatic rings. The van der Waals surface area contributed by atoms with E-state index in [0.717, 1.165) is 6.07 Å². The fraction of sp³-hybridized carbons (Fsp3) is 0.400. The molecule has 96 valence electrons. The average molecular weight is 271 g/mol. The number of nitrogens with zero attached hydrogens (tertiary/aromatic N) is 3. The highest BCUT2D eigenvalue weighted by Crippen LogP contribution is 2.27. The van der Waals surface area contributed by atoms with Crippen molar-refractivity contribution in [3.05, 3.63) is 26.9 Å². The lowest BCUT2D eigenvalue weighted by atomic mass is 10.1. The Hall–Kier alpha value is -1.91. The second-order valence-corrected chi connectivity index (χ2v) is 4.59. The van der Waals surface area contributed by atoms with Crippen molar-refractivity contribution in [1.82, 2.24) is 4.98 Å². The van der Waals surface area contributed by atoms with Gasteiger partial charge in [0.2, 0.25) is 5.82 Å². The summed E-state index contributed by atoms with van der Waals surface area (Å²) in [5.74, 6) is -0.0777. The molecule has 2 N–H and O–H groups in total. The minimum atomic E-state index is -1.06. The summed E-state index contributed by atoms with van der Waals surface area (Å²) in [6, 6.07) is 2.76. The molecule has 0 amide bonds. The molecule has 0 atom stereocenters. The predicted octanol–water partition coefficient (Wildman–Crippen LogP) is 1.70. The van der Waals surface area contributed by atoms with Crippen LogP contribution >= 0.6 is 11.6 Å². The van der Waals surface area contributed by atoms with Crippen LogP contribution in [0.2, 0.25) is 5.15 Å². The van der Waals surface area contributed by atoms with Crippen LogP contribution in [0.25, 0.3) is 0 Å². The molecule has 1 aromatic rings. The van der Waals surface area contributed by atoms with E-state index < -0.39 is 10.5 Å². The molecule has 1 aromatic heterocycles. The van der Waals surface area contributed by atoms with E-state index in [1.807, 2.05) is 0 Å². The van der Waals surface area contributed by atoms with Crippen LogP contribution in [0, 0.1) is 21.4 Å². The van der Waals surface area contributed by atoms with E-state index in [1.54, 1.807) is 6.07 Å². The van der Waals surface area contributed by atoms with E-state index in [2.05, 4.69) is 10.3 Å². The number of nitriles is 1. The first kappa shape index (κ1) is 14.2. The average Bonchev–Trinajstić information content (AvgIpc) is 2.25. The normalized spacial score (nSPS) is 10.8. The van der Waals surface area contributed by atoms with Crippen molar-refractivity contribution in [2.75, 3.05) is 11.9 Å². The number of aromatic nitrogens is 1. The van der Waals surface area contributed by atoms with E-state index in [4.69, 9.17) is 16.9 Å². The lowest BCUT2D eigenvalue weighted by molar-refractivity contribution is -0.384. The first-order valence-corrected chi connectivity index (χ1v) is 5.33. The monoisotopic (exact) mass is 270 g/mol. The highest BCUT2D eigenvalue weighted by Gasteiger charge is 2.21. The van der Waals surface area contributed by atoms with E-state index in [1.165, 1.54) is 13.8 Å². The topological polar surface area (TPSA) is 112 Å². The highest BCUT2D eigenvalue weighted by atomic mass is 35.5. The number of aliphatic hydroxyl groups is 1. The fourth-order valence-corrected chi connectivity index (χ4v) is 1.31. The second kappa shape index (κ2) is 5.16. The van der Waals surface area contributed by atoms with Crippen molar-refractivity contribution in [3.8, 4) is 6.07 Å². The molecule has 0 unspecified atom stereocenters. The van der Waals surface area contributed by atoms with Crippen LogP contribution in [-0.2, 0) is 0 Å². The molecule has 0 saturated heterocycles. The fourth-order valence-electron chi connectivity index (χ4n) is 1.13. The van der Waals surface area contributed by atoms with Crippen molar-refractivity contribution < 1.29 is 10.0 Å². The summed E-state index contributed by atoms with van der Waals surface area (Å²) in [5, 5.41) is 31.6. The van der Waals surface area contributed by atoms with Gasteiger partial charge in [-0.25, -0.2) is 4.98 Å². The third kappa shape index (κ3) is 3.55. The number of anilines is 1. The van der Waals surface area contributed by atoms with Gasteiger partial charge in [0.1, 0.15) is 11.2 Å². The molecule has 8 heteroatoms. The minimum absolute atomic E-state index is 0.0586. The molecule has 0 aromatic carbocycles. The molecular weight excluding hydrogens is 260 g/mol. The number of hydrogen-bond donors (Lipinski definition) is 2. The summed E-state index contributed by atoms with van der Waals surface area (Å²) >= 11 is 5.70. The first-order valence-electron chi connectivity index (χ1n) is 4.96. The summed E-state index contributed by atoms with van der Waals surface area (Å²) in [6.07, 6.45) is 0. The Labute approximate surface area is 108 Å². The first-order chi connectivity index (χ1) is 8.24. The number of pyridine rings is 1. The van der Waals surface area contributed by atoms with Gasteiger partial charge in [-0.2, -0.15) is 5.26 Å². The van der Waals surface area contributed by atoms with Crippen LogP contribution in [0.3, 0.4) is 0 Å². The van der Waals surface area contributed by atoms with Crippen molar-refractivity contribution in [1.29, 1.82) is 5.26 Å². The smallest absolute Gasteiger partial charge is 0.312 e. The largest absolute Gasteiger partial charge is 0.389 e. The van der Waals surface area contributed by atoms with Gasteiger partial charge < -0.3 is 10.4 Å². The zero-order valence-electron chi connectivity index (χ0n) is 9.77. The number of nitrogens with one attached hydrogen (secondary N) is 1. The molecule has 0 bridgehead atoms. The zero-order valence-corrected chi connectivity index (χ0v) is 10.5. The molecule has 0 fully saturated rings. The third-order valence-corrected chi connectivity index (χ3v) is 2.25. The predicted molar refractivity (Wildman–Crippen MR) is 65.4 cm³/mol. The SMILES string of the molecule is CC(C)(O)CNc1nc(Cl)c(C#N)cc1[N+](=O)[O-]. The van der Waals surface area contributed by atoms with Crippen LogP contribution in [0.1, 0.15) is 19.4 Å². The molecule has 0 aliphatic heterocycles. The summed E-state index contributed by atoms with van der Waals surface area (Å²) in [7, 11) is 0. The number of rotatable bonds is 4. The quantitative estimate of drug-likeness (QED) is 0.489. The molecule has 1 rings (SSSR count). The Kier molecular flexibility index (Phi) is 4.06. The van der Waals surface area contributed by atoms with Gasteiger partial charge in [0.25, 0.3) is 0 Å². The van der Waals surface area contributed by atoms with Crippen molar-refractivity contribution >= 4 is 23.1 Å². The van der Waals surface area contributed by atoms with Crippen molar-refractivity contribution in [3.63, 3.8) is 0 Å². The van der Waals surface area contributed by atoms with Crippen LogP contribution in [0.4, 0.5) is 11.5 Å². The maximum absolute atomic E-state index is 10.8. The lowest BCUT2D eigenvalue weighted by Gasteiger charge is -2.18. The van der Waals surface area contributed by atoms with Crippen LogP contribution in [0.15, 0.2) is 6.07 Å². The van der Waals surface area contributed by atoms with Gasteiger partial charge in [-0.15, -0.1) is 0 Å². The van der Waals surface area contributed by atoms with Gasteiger partial charge in [-0.1, -0.05) is 11.6 Å². The molecule has 18 heavy (non-hydrogen) atoms. The molecule has 1 heterocycles. The standard InChI is InChI=1S/C10H11ClN4O3/c1-10(2,16)5-13-9-7(15(17)18)3-6(4-12)8(11)14-9/h3,16H,5H2,1-2H3,(H,13,14). The maximum atomic E-state index is 10.8. The Balaban J connectivity index is 3.14.